The number of hydrogen-bond donors (Lipinski definition) is 0. The van der Waals surface area contributed by atoms with Gasteiger partial charge in [0.2, 0.25) is 0 Å². The molecule has 2 heterocycles. The van der Waals surface area contributed by atoms with E-state index in [2.05, 4.69) is 44.4 Å². The van der Waals surface area contributed by atoms with Crippen LogP contribution in [0.2, 0.25) is 0 Å². The molecule has 1 aliphatic rings. The number of hydrogen-bond acceptors (Lipinski definition) is 3. The molecule has 2 aromatic rings. The molecule has 1 amide bonds. The highest BCUT2D eigenvalue weighted by atomic mass is 32.1. The van der Waals surface area contributed by atoms with Crippen molar-refractivity contribution in [2.45, 2.75) is 33.2 Å². The Kier molecular flexibility index (Phi) is 5.36. The number of aryl methyl sites for hydroxylation is 1. The van der Waals surface area contributed by atoms with Gasteiger partial charge >= 0.3 is 0 Å². The summed E-state index contributed by atoms with van der Waals surface area (Å²) in [6, 6.07) is 10.3. The smallest absolute Gasteiger partial charge is 0.254 e. The first-order valence-electron chi connectivity index (χ1n) is 8.59. The number of thiophene rings is 1. The average Bonchev–Trinajstić information content (AvgIpc) is 3.00. The molecule has 0 saturated carbocycles. The van der Waals surface area contributed by atoms with Crippen LogP contribution in [0.1, 0.15) is 36.2 Å². The molecule has 4 heteroatoms. The van der Waals surface area contributed by atoms with Crippen LogP contribution in [0.25, 0.3) is 10.4 Å². The predicted molar refractivity (Wildman–Crippen MR) is 99.6 cm³/mol. The molecule has 0 spiro atoms. The molecule has 1 aromatic carbocycles. The summed E-state index contributed by atoms with van der Waals surface area (Å²) in [4.78, 5) is 16.2. The second-order valence-corrected chi connectivity index (χ2v) is 7.78. The highest BCUT2D eigenvalue weighted by Gasteiger charge is 2.28. The van der Waals surface area contributed by atoms with Gasteiger partial charge in [0.1, 0.15) is 0 Å². The van der Waals surface area contributed by atoms with E-state index in [0.717, 1.165) is 12.0 Å². The minimum Gasteiger partial charge on any atom is -0.377 e. The summed E-state index contributed by atoms with van der Waals surface area (Å²) in [5, 5.41) is 2.11. The molecule has 1 aromatic heterocycles. The Labute approximate surface area is 148 Å². The maximum absolute atomic E-state index is 12.9. The third-order valence-electron chi connectivity index (χ3n) is 4.49. The first-order chi connectivity index (χ1) is 11.6. The van der Waals surface area contributed by atoms with E-state index >= 15 is 0 Å². The molecule has 24 heavy (non-hydrogen) atoms. The van der Waals surface area contributed by atoms with Crippen molar-refractivity contribution in [1.29, 1.82) is 0 Å². The number of carbonyl (C=O) groups is 1. The van der Waals surface area contributed by atoms with Crippen molar-refractivity contribution in [2.24, 2.45) is 5.92 Å². The topological polar surface area (TPSA) is 29.5 Å². The van der Waals surface area contributed by atoms with Crippen LogP contribution < -0.4 is 0 Å². The van der Waals surface area contributed by atoms with Crippen LogP contribution in [0, 0.1) is 12.8 Å². The van der Waals surface area contributed by atoms with Crippen LogP contribution in [-0.2, 0) is 4.74 Å². The lowest BCUT2D eigenvalue weighted by molar-refractivity contribution is -0.00746. The maximum atomic E-state index is 12.9. The molecule has 1 fully saturated rings. The van der Waals surface area contributed by atoms with Crippen LogP contribution in [0.4, 0.5) is 0 Å². The summed E-state index contributed by atoms with van der Waals surface area (Å²) in [5.41, 5.74) is 3.23. The first-order valence-corrected chi connectivity index (χ1v) is 9.47. The summed E-state index contributed by atoms with van der Waals surface area (Å²) in [6.07, 6.45) is 0.984. The normalized spacial score (nSPS) is 18.2. The van der Waals surface area contributed by atoms with E-state index in [1.165, 1.54) is 16.0 Å². The number of nitrogens with zero attached hydrogens (tertiary/aromatic N) is 1. The summed E-state index contributed by atoms with van der Waals surface area (Å²) in [7, 11) is 0. The summed E-state index contributed by atoms with van der Waals surface area (Å²) < 4.78 is 5.59. The molecule has 128 valence electrons. The van der Waals surface area contributed by atoms with Gasteiger partial charge < -0.3 is 9.64 Å². The van der Waals surface area contributed by atoms with Crippen molar-refractivity contribution < 1.29 is 9.53 Å². The fourth-order valence-corrected chi connectivity index (χ4v) is 4.19. The number of rotatable bonds is 4. The number of amides is 1. The van der Waals surface area contributed by atoms with Crippen molar-refractivity contribution in [3.8, 4) is 10.4 Å². The van der Waals surface area contributed by atoms with Gasteiger partial charge in [-0.15, -0.1) is 11.3 Å². The SMILES string of the molecule is Cc1ccsc1-c1ccc(C(=O)N2CCOC[C@@H]2CC(C)C)cc1. The van der Waals surface area contributed by atoms with Crippen LogP contribution >= 0.6 is 11.3 Å². The summed E-state index contributed by atoms with van der Waals surface area (Å²) in [5.74, 6) is 0.676. The van der Waals surface area contributed by atoms with E-state index in [-0.39, 0.29) is 11.9 Å². The van der Waals surface area contributed by atoms with Crippen molar-refractivity contribution >= 4 is 17.2 Å². The van der Waals surface area contributed by atoms with Crippen molar-refractivity contribution in [3.63, 3.8) is 0 Å². The van der Waals surface area contributed by atoms with E-state index in [1.807, 2.05) is 17.0 Å². The van der Waals surface area contributed by atoms with Crippen molar-refractivity contribution in [2.75, 3.05) is 19.8 Å². The molecule has 3 rings (SSSR count). The second-order valence-electron chi connectivity index (χ2n) is 6.87. The lowest BCUT2D eigenvalue weighted by Crippen LogP contribution is -2.49. The summed E-state index contributed by atoms with van der Waals surface area (Å²) in [6.45, 7) is 8.46. The Morgan fingerprint density at radius 1 is 1.29 bits per heavy atom. The van der Waals surface area contributed by atoms with Crippen molar-refractivity contribution in [3.05, 3.63) is 46.8 Å². The molecule has 0 aliphatic carbocycles. The Morgan fingerprint density at radius 2 is 2.04 bits per heavy atom. The van der Waals surface area contributed by atoms with E-state index in [0.29, 0.717) is 25.7 Å². The van der Waals surface area contributed by atoms with Gasteiger partial charge in [-0.3, -0.25) is 4.79 Å². The third kappa shape index (κ3) is 3.70. The highest BCUT2D eigenvalue weighted by molar-refractivity contribution is 7.13. The molecular weight excluding hydrogens is 318 g/mol. The quantitative estimate of drug-likeness (QED) is 0.811. The zero-order valence-corrected chi connectivity index (χ0v) is 15.4. The second kappa shape index (κ2) is 7.49. The third-order valence-corrected chi connectivity index (χ3v) is 5.55. The zero-order valence-electron chi connectivity index (χ0n) is 14.6. The monoisotopic (exact) mass is 343 g/mol. The predicted octanol–water partition coefficient (Wildman–Crippen LogP) is 4.61. The lowest BCUT2D eigenvalue weighted by Gasteiger charge is -2.36. The lowest BCUT2D eigenvalue weighted by atomic mass is 10.0. The molecular formula is C20H25NO2S. The molecule has 0 bridgehead atoms. The standard InChI is InChI=1S/C20H25NO2S/c1-14(2)12-18-13-23-10-9-21(18)20(22)17-6-4-16(5-7-17)19-15(3)8-11-24-19/h4-8,11,14,18H,9-10,12-13H2,1-3H3/t18-/m0/s1. The summed E-state index contributed by atoms with van der Waals surface area (Å²) >= 11 is 1.74. The number of morpholine rings is 1. The van der Waals surface area contributed by atoms with Crippen LogP contribution in [0.15, 0.2) is 35.7 Å². The Balaban J connectivity index is 1.77. The molecule has 1 atom stereocenters. The highest BCUT2D eigenvalue weighted by Crippen LogP contribution is 2.29. The number of benzene rings is 1. The fraction of sp³-hybridized carbons (Fsp3) is 0.450. The van der Waals surface area contributed by atoms with Gasteiger partial charge in [0.25, 0.3) is 5.91 Å². The van der Waals surface area contributed by atoms with Gasteiger partial charge in [0.05, 0.1) is 19.3 Å². The minimum absolute atomic E-state index is 0.124. The number of ether oxygens (including phenoxy) is 1. The van der Waals surface area contributed by atoms with E-state index in [1.54, 1.807) is 11.3 Å². The Morgan fingerprint density at radius 3 is 2.67 bits per heavy atom. The van der Waals surface area contributed by atoms with Gasteiger partial charge in [-0.05, 0) is 54.0 Å². The zero-order chi connectivity index (χ0) is 17.1. The largest absolute Gasteiger partial charge is 0.377 e. The van der Waals surface area contributed by atoms with Crippen LogP contribution in [0.5, 0.6) is 0 Å². The fourth-order valence-electron chi connectivity index (χ4n) is 3.26. The number of carbonyl (C=O) groups excluding carboxylic acids is 1. The molecule has 0 radical (unpaired) electrons. The van der Waals surface area contributed by atoms with Crippen LogP contribution in [0.3, 0.4) is 0 Å². The Hall–Kier alpha value is -1.65. The first kappa shape index (κ1) is 17.2. The molecule has 1 saturated heterocycles. The van der Waals surface area contributed by atoms with Crippen molar-refractivity contribution in [1.82, 2.24) is 4.90 Å². The Bertz CT molecular complexity index is 690. The van der Waals surface area contributed by atoms with Crippen LogP contribution in [-0.4, -0.2) is 36.6 Å². The van der Waals surface area contributed by atoms with Gasteiger partial charge in [0, 0.05) is 17.0 Å². The van der Waals surface area contributed by atoms with Gasteiger partial charge in [-0.1, -0.05) is 26.0 Å². The van der Waals surface area contributed by atoms with Gasteiger partial charge in [-0.25, -0.2) is 0 Å². The minimum atomic E-state index is 0.124. The average molecular weight is 343 g/mol. The maximum Gasteiger partial charge on any atom is 0.254 e. The molecule has 0 N–H and O–H groups in total. The molecule has 1 aliphatic heterocycles. The van der Waals surface area contributed by atoms with Gasteiger partial charge in [-0.2, -0.15) is 0 Å². The molecule has 3 nitrogen and oxygen atoms in total. The van der Waals surface area contributed by atoms with E-state index < -0.39 is 0 Å². The van der Waals surface area contributed by atoms with Gasteiger partial charge in [0.15, 0.2) is 0 Å². The van der Waals surface area contributed by atoms with E-state index in [9.17, 15) is 4.79 Å². The molecule has 0 unspecified atom stereocenters. The van der Waals surface area contributed by atoms with E-state index in [4.69, 9.17) is 4.74 Å².